The Hall–Kier alpha value is -0.570. The Morgan fingerprint density at radius 3 is 2.40 bits per heavy atom. The van der Waals surface area contributed by atoms with E-state index in [1.807, 2.05) is 0 Å². The van der Waals surface area contributed by atoms with Gasteiger partial charge in [0.05, 0.1) is 6.04 Å². The van der Waals surface area contributed by atoms with Gasteiger partial charge in [-0.2, -0.15) is 0 Å². The standard InChI is InChI=1S/C7H14N2O/c1-4-3-6(7(8)10)9-5(4)2/h4-6,9H,3H2,1-2H3,(H2,8,10)/t4-,5-,6-/m0/s1. The number of carbonyl (C=O) groups is 1. The largest absolute Gasteiger partial charge is 0.368 e. The molecule has 0 radical (unpaired) electrons. The lowest BCUT2D eigenvalue weighted by Gasteiger charge is -2.07. The molecule has 0 aromatic heterocycles. The van der Waals surface area contributed by atoms with Crippen LogP contribution in [0, 0.1) is 5.92 Å². The van der Waals surface area contributed by atoms with E-state index < -0.39 is 0 Å². The minimum absolute atomic E-state index is 0.0926. The van der Waals surface area contributed by atoms with Gasteiger partial charge in [0, 0.05) is 6.04 Å². The minimum Gasteiger partial charge on any atom is -0.368 e. The zero-order valence-electron chi connectivity index (χ0n) is 6.42. The van der Waals surface area contributed by atoms with E-state index in [9.17, 15) is 4.79 Å². The van der Waals surface area contributed by atoms with Crippen LogP contribution in [0.4, 0.5) is 0 Å². The van der Waals surface area contributed by atoms with Crippen LogP contribution in [0.25, 0.3) is 0 Å². The van der Waals surface area contributed by atoms with E-state index in [1.165, 1.54) is 0 Å². The first-order valence-corrected chi connectivity index (χ1v) is 3.66. The molecule has 0 spiro atoms. The van der Waals surface area contributed by atoms with E-state index in [-0.39, 0.29) is 11.9 Å². The Labute approximate surface area is 61.0 Å². The lowest BCUT2D eigenvalue weighted by Crippen LogP contribution is -2.38. The number of rotatable bonds is 1. The monoisotopic (exact) mass is 142 g/mol. The zero-order chi connectivity index (χ0) is 7.72. The fraction of sp³-hybridized carbons (Fsp3) is 0.857. The number of hydrogen-bond donors (Lipinski definition) is 2. The van der Waals surface area contributed by atoms with Gasteiger partial charge >= 0.3 is 0 Å². The van der Waals surface area contributed by atoms with Gasteiger partial charge in [0.15, 0.2) is 0 Å². The van der Waals surface area contributed by atoms with E-state index >= 15 is 0 Å². The van der Waals surface area contributed by atoms with Crippen LogP contribution < -0.4 is 11.1 Å². The summed E-state index contributed by atoms with van der Waals surface area (Å²) in [6.45, 7) is 4.20. The average molecular weight is 142 g/mol. The first-order chi connectivity index (χ1) is 4.61. The van der Waals surface area contributed by atoms with Gasteiger partial charge in [-0.3, -0.25) is 4.79 Å². The van der Waals surface area contributed by atoms with Gasteiger partial charge in [0.1, 0.15) is 0 Å². The fourth-order valence-corrected chi connectivity index (χ4v) is 1.32. The molecular formula is C7H14N2O. The predicted octanol–water partition coefficient (Wildman–Crippen LogP) is -0.142. The number of amides is 1. The second-order valence-electron chi connectivity index (χ2n) is 3.12. The van der Waals surface area contributed by atoms with Crippen molar-refractivity contribution >= 4 is 5.91 Å². The van der Waals surface area contributed by atoms with Crippen LogP contribution in [0.1, 0.15) is 20.3 Å². The Morgan fingerprint density at radius 2 is 2.20 bits per heavy atom. The Bertz CT molecular complexity index is 137. The van der Waals surface area contributed by atoms with Crippen LogP contribution in [0.3, 0.4) is 0 Å². The molecule has 0 unspecified atom stereocenters. The number of hydrogen-bond acceptors (Lipinski definition) is 2. The molecule has 0 aromatic carbocycles. The van der Waals surface area contributed by atoms with Gasteiger partial charge in [-0.15, -0.1) is 0 Å². The van der Waals surface area contributed by atoms with Crippen molar-refractivity contribution in [2.24, 2.45) is 11.7 Å². The van der Waals surface area contributed by atoms with Crippen molar-refractivity contribution in [3.63, 3.8) is 0 Å². The second-order valence-corrected chi connectivity index (χ2v) is 3.12. The highest BCUT2D eigenvalue weighted by Crippen LogP contribution is 2.18. The molecule has 1 rings (SSSR count). The number of carbonyl (C=O) groups excluding carboxylic acids is 1. The maximum absolute atomic E-state index is 10.7. The molecule has 0 aliphatic carbocycles. The first kappa shape index (κ1) is 7.54. The Kier molecular flexibility index (Phi) is 1.94. The molecule has 1 aliphatic heterocycles. The molecule has 1 fully saturated rings. The number of nitrogens with one attached hydrogen (secondary N) is 1. The lowest BCUT2D eigenvalue weighted by molar-refractivity contribution is -0.119. The molecule has 1 heterocycles. The third-order valence-corrected chi connectivity index (χ3v) is 2.27. The maximum Gasteiger partial charge on any atom is 0.234 e. The van der Waals surface area contributed by atoms with Crippen molar-refractivity contribution in [2.75, 3.05) is 0 Å². The van der Waals surface area contributed by atoms with Gasteiger partial charge < -0.3 is 11.1 Å². The third kappa shape index (κ3) is 1.29. The number of primary amides is 1. The molecule has 58 valence electrons. The van der Waals surface area contributed by atoms with Gasteiger partial charge in [-0.05, 0) is 19.3 Å². The summed E-state index contributed by atoms with van der Waals surface area (Å²) in [5.74, 6) is 0.341. The molecule has 10 heavy (non-hydrogen) atoms. The van der Waals surface area contributed by atoms with Gasteiger partial charge in [0.25, 0.3) is 0 Å². The summed E-state index contributed by atoms with van der Waals surface area (Å²) in [5, 5.41) is 3.13. The highest BCUT2D eigenvalue weighted by molar-refractivity contribution is 5.80. The van der Waals surface area contributed by atoms with Crippen molar-refractivity contribution in [2.45, 2.75) is 32.4 Å². The predicted molar refractivity (Wildman–Crippen MR) is 39.4 cm³/mol. The Morgan fingerprint density at radius 1 is 1.60 bits per heavy atom. The van der Waals surface area contributed by atoms with Crippen molar-refractivity contribution in [1.29, 1.82) is 0 Å². The summed E-state index contributed by atoms with van der Waals surface area (Å²) < 4.78 is 0. The molecule has 0 aromatic rings. The highest BCUT2D eigenvalue weighted by atomic mass is 16.1. The summed E-state index contributed by atoms with van der Waals surface area (Å²) in [5.41, 5.74) is 5.12. The lowest BCUT2D eigenvalue weighted by atomic mass is 10.0. The van der Waals surface area contributed by atoms with Gasteiger partial charge in [-0.1, -0.05) is 6.92 Å². The summed E-state index contributed by atoms with van der Waals surface area (Å²) in [4.78, 5) is 10.7. The van der Waals surface area contributed by atoms with Crippen LogP contribution >= 0.6 is 0 Å². The van der Waals surface area contributed by atoms with Crippen molar-refractivity contribution < 1.29 is 4.79 Å². The first-order valence-electron chi connectivity index (χ1n) is 3.66. The molecular weight excluding hydrogens is 128 g/mol. The van der Waals surface area contributed by atoms with E-state index in [0.29, 0.717) is 12.0 Å². The topological polar surface area (TPSA) is 55.1 Å². The van der Waals surface area contributed by atoms with Crippen LogP contribution in [-0.2, 0) is 4.79 Å². The quantitative estimate of drug-likeness (QED) is 0.535. The normalized spacial score (nSPS) is 40.0. The fourth-order valence-electron chi connectivity index (χ4n) is 1.32. The Balaban J connectivity index is 2.49. The van der Waals surface area contributed by atoms with E-state index in [2.05, 4.69) is 19.2 Å². The zero-order valence-corrected chi connectivity index (χ0v) is 6.42. The maximum atomic E-state index is 10.7. The molecule has 3 N–H and O–H groups in total. The average Bonchev–Trinajstić information content (AvgIpc) is 2.13. The smallest absolute Gasteiger partial charge is 0.234 e. The van der Waals surface area contributed by atoms with E-state index in [1.54, 1.807) is 0 Å². The summed E-state index contributed by atoms with van der Waals surface area (Å²) in [6, 6.07) is 0.336. The molecule has 1 saturated heterocycles. The van der Waals surface area contributed by atoms with Crippen LogP contribution in [0.5, 0.6) is 0 Å². The molecule has 3 atom stereocenters. The van der Waals surface area contributed by atoms with Crippen molar-refractivity contribution in [3.05, 3.63) is 0 Å². The SMILES string of the molecule is C[C@@H]1N[C@H](C(N)=O)C[C@@H]1C. The molecule has 3 nitrogen and oxygen atoms in total. The van der Waals surface area contributed by atoms with Crippen molar-refractivity contribution in [3.8, 4) is 0 Å². The number of nitrogens with two attached hydrogens (primary N) is 1. The highest BCUT2D eigenvalue weighted by Gasteiger charge is 2.30. The molecule has 3 heteroatoms. The van der Waals surface area contributed by atoms with Crippen LogP contribution in [0.15, 0.2) is 0 Å². The summed E-state index contributed by atoms with van der Waals surface area (Å²) >= 11 is 0. The molecule has 0 saturated carbocycles. The minimum atomic E-state index is -0.226. The summed E-state index contributed by atoms with van der Waals surface area (Å²) in [6.07, 6.45) is 0.885. The molecule has 1 amide bonds. The van der Waals surface area contributed by atoms with Crippen LogP contribution in [-0.4, -0.2) is 18.0 Å². The van der Waals surface area contributed by atoms with Gasteiger partial charge in [-0.25, -0.2) is 0 Å². The van der Waals surface area contributed by atoms with Crippen LogP contribution in [0.2, 0.25) is 0 Å². The third-order valence-electron chi connectivity index (χ3n) is 2.27. The van der Waals surface area contributed by atoms with E-state index in [0.717, 1.165) is 6.42 Å². The second kappa shape index (κ2) is 2.58. The molecule has 1 aliphatic rings. The van der Waals surface area contributed by atoms with Gasteiger partial charge in [0.2, 0.25) is 5.91 Å². The van der Waals surface area contributed by atoms with Crippen molar-refractivity contribution in [1.82, 2.24) is 5.32 Å². The summed E-state index contributed by atoms with van der Waals surface area (Å²) in [7, 11) is 0. The van der Waals surface area contributed by atoms with E-state index in [4.69, 9.17) is 5.73 Å². The molecule has 0 bridgehead atoms.